The van der Waals surface area contributed by atoms with Gasteiger partial charge in [-0.1, -0.05) is 0 Å². The van der Waals surface area contributed by atoms with Crippen molar-refractivity contribution in [3.05, 3.63) is 16.5 Å². The van der Waals surface area contributed by atoms with Crippen LogP contribution in [0.5, 0.6) is 0 Å². The second kappa shape index (κ2) is 7.19. The number of sulfonamides is 1. The van der Waals surface area contributed by atoms with Gasteiger partial charge in [0.05, 0.1) is 6.61 Å². The number of aryl methyl sites for hydroxylation is 1. The zero-order valence-electron chi connectivity index (χ0n) is 12.9. The second-order valence-corrected chi connectivity index (χ2v) is 8.98. The molecule has 0 radical (unpaired) electrons. The highest BCUT2D eigenvalue weighted by Gasteiger charge is 2.27. The molecule has 1 fully saturated rings. The molecule has 0 bridgehead atoms. The van der Waals surface area contributed by atoms with Gasteiger partial charge in [0, 0.05) is 31.6 Å². The fraction of sp³-hybridized carbons (Fsp3) is 0.714. The lowest BCUT2D eigenvalue weighted by Crippen LogP contribution is -2.34. The molecular weight excluding hydrogens is 308 g/mol. The second-order valence-electron chi connectivity index (χ2n) is 5.57. The summed E-state index contributed by atoms with van der Waals surface area (Å²) in [5.41, 5.74) is 1.03. The van der Waals surface area contributed by atoms with E-state index in [1.165, 1.54) is 15.6 Å². The summed E-state index contributed by atoms with van der Waals surface area (Å²) in [6.07, 6.45) is 2.05. The maximum absolute atomic E-state index is 12.7. The molecule has 21 heavy (non-hydrogen) atoms. The van der Waals surface area contributed by atoms with Crippen LogP contribution in [0, 0.1) is 12.8 Å². The van der Waals surface area contributed by atoms with E-state index in [1.54, 1.807) is 13.1 Å². The van der Waals surface area contributed by atoms with Crippen LogP contribution in [0.1, 0.15) is 23.3 Å². The van der Waals surface area contributed by atoms with E-state index in [0.29, 0.717) is 29.8 Å². The van der Waals surface area contributed by atoms with Gasteiger partial charge in [0.15, 0.2) is 0 Å². The van der Waals surface area contributed by atoms with Gasteiger partial charge in [0.2, 0.25) is 0 Å². The van der Waals surface area contributed by atoms with Crippen LogP contribution < -0.4 is 5.32 Å². The normalized spacial score (nSPS) is 20.1. The van der Waals surface area contributed by atoms with Gasteiger partial charge in [0.25, 0.3) is 10.0 Å². The minimum Gasteiger partial charge on any atom is -0.381 e. The van der Waals surface area contributed by atoms with Crippen molar-refractivity contribution in [2.45, 2.75) is 30.5 Å². The van der Waals surface area contributed by atoms with E-state index in [0.717, 1.165) is 29.9 Å². The number of hydrogen-bond acceptors (Lipinski definition) is 5. The van der Waals surface area contributed by atoms with Gasteiger partial charge >= 0.3 is 0 Å². The zero-order chi connectivity index (χ0) is 15.5. The molecule has 7 heteroatoms. The summed E-state index contributed by atoms with van der Waals surface area (Å²) in [7, 11) is 0.137. The molecule has 120 valence electrons. The Hall–Kier alpha value is -0.470. The number of nitrogens with one attached hydrogen (secondary N) is 1. The number of thiophene rings is 1. The number of rotatable bonds is 6. The van der Waals surface area contributed by atoms with Crippen LogP contribution in [0.4, 0.5) is 0 Å². The van der Waals surface area contributed by atoms with E-state index in [4.69, 9.17) is 4.74 Å². The van der Waals surface area contributed by atoms with Crippen LogP contribution >= 0.6 is 11.3 Å². The van der Waals surface area contributed by atoms with Crippen molar-refractivity contribution in [3.8, 4) is 0 Å². The molecular formula is C14H24N2O3S2. The Morgan fingerprint density at radius 3 is 2.90 bits per heavy atom. The molecule has 1 saturated heterocycles. The Bertz CT molecular complexity index is 563. The van der Waals surface area contributed by atoms with Crippen LogP contribution in [0.15, 0.2) is 10.3 Å². The first kappa shape index (κ1) is 16.9. The third kappa shape index (κ3) is 4.04. The van der Waals surface area contributed by atoms with Crippen LogP contribution in [0.2, 0.25) is 0 Å². The fourth-order valence-corrected chi connectivity index (χ4v) is 5.58. The standard InChI is InChI=1S/C14H24N2O3S2/c1-11-7-14(20-13(11)8-15-2)21(17,18)16(3)9-12-5-4-6-19-10-12/h7,12,15H,4-6,8-10H2,1-3H3. The summed E-state index contributed by atoms with van der Waals surface area (Å²) < 4.78 is 32.6. The molecule has 0 aliphatic carbocycles. The number of hydrogen-bond donors (Lipinski definition) is 1. The van der Waals surface area contributed by atoms with E-state index in [-0.39, 0.29) is 0 Å². The van der Waals surface area contributed by atoms with Gasteiger partial charge < -0.3 is 10.1 Å². The fourth-order valence-electron chi connectivity index (χ4n) is 2.52. The van der Waals surface area contributed by atoms with Gasteiger partial charge in [-0.3, -0.25) is 0 Å². The lowest BCUT2D eigenvalue weighted by Gasteiger charge is -2.26. The maximum Gasteiger partial charge on any atom is 0.252 e. The Kier molecular flexibility index (Phi) is 5.79. The first-order chi connectivity index (χ1) is 9.95. The SMILES string of the molecule is CNCc1sc(S(=O)(=O)N(C)CC2CCCOC2)cc1C. The Labute approximate surface area is 131 Å². The zero-order valence-corrected chi connectivity index (χ0v) is 14.5. The molecule has 1 aromatic rings. The number of nitrogens with zero attached hydrogens (tertiary/aromatic N) is 1. The molecule has 0 spiro atoms. The van der Waals surface area contributed by atoms with Crippen molar-refractivity contribution >= 4 is 21.4 Å². The lowest BCUT2D eigenvalue weighted by atomic mass is 10.0. The maximum atomic E-state index is 12.7. The van der Waals surface area contributed by atoms with Crippen molar-refractivity contribution in [1.29, 1.82) is 0 Å². The molecule has 0 saturated carbocycles. The molecule has 2 heterocycles. The summed E-state index contributed by atoms with van der Waals surface area (Å²) in [6, 6.07) is 1.78. The monoisotopic (exact) mass is 332 g/mol. The largest absolute Gasteiger partial charge is 0.381 e. The summed E-state index contributed by atoms with van der Waals surface area (Å²) in [5, 5.41) is 3.07. The van der Waals surface area contributed by atoms with Crippen molar-refractivity contribution in [3.63, 3.8) is 0 Å². The third-order valence-corrected chi connectivity index (χ3v) is 7.28. The van der Waals surface area contributed by atoms with Gasteiger partial charge in [-0.25, -0.2) is 8.42 Å². The highest BCUT2D eigenvalue weighted by molar-refractivity contribution is 7.91. The van der Waals surface area contributed by atoms with Crippen molar-refractivity contribution < 1.29 is 13.2 Å². The quantitative estimate of drug-likeness (QED) is 0.863. The number of ether oxygens (including phenoxy) is 1. The molecule has 1 aliphatic rings. The highest BCUT2D eigenvalue weighted by atomic mass is 32.2. The molecule has 2 rings (SSSR count). The smallest absolute Gasteiger partial charge is 0.252 e. The average Bonchev–Trinajstić information content (AvgIpc) is 2.82. The van der Waals surface area contributed by atoms with Gasteiger partial charge in [-0.2, -0.15) is 4.31 Å². The Morgan fingerprint density at radius 1 is 1.52 bits per heavy atom. The molecule has 0 amide bonds. The van der Waals surface area contributed by atoms with Crippen molar-refractivity contribution in [2.24, 2.45) is 5.92 Å². The van der Waals surface area contributed by atoms with Crippen molar-refractivity contribution in [1.82, 2.24) is 9.62 Å². The third-order valence-electron chi connectivity index (χ3n) is 3.77. The lowest BCUT2D eigenvalue weighted by molar-refractivity contribution is 0.0495. The van der Waals surface area contributed by atoms with E-state index in [2.05, 4.69) is 5.32 Å². The topological polar surface area (TPSA) is 58.6 Å². The predicted octanol–water partition coefficient (Wildman–Crippen LogP) is 1.82. The van der Waals surface area contributed by atoms with E-state index < -0.39 is 10.0 Å². The highest BCUT2D eigenvalue weighted by Crippen LogP contribution is 2.28. The van der Waals surface area contributed by atoms with Crippen molar-refractivity contribution in [2.75, 3.05) is 33.9 Å². The van der Waals surface area contributed by atoms with Crippen LogP contribution in [-0.2, 0) is 21.3 Å². The molecule has 1 aliphatic heterocycles. The first-order valence-electron chi connectivity index (χ1n) is 7.23. The van der Waals surface area contributed by atoms with Gasteiger partial charge in [-0.05, 0) is 44.4 Å². The minimum atomic E-state index is -3.39. The Balaban J connectivity index is 2.10. The average molecular weight is 332 g/mol. The van der Waals surface area contributed by atoms with Gasteiger partial charge in [-0.15, -0.1) is 11.3 Å². The summed E-state index contributed by atoms with van der Waals surface area (Å²) in [5.74, 6) is 0.302. The summed E-state index contributed by atoms with van der Waals surface area (Å²) >= 11 is 1.36. The van der Waals surface area contributed by atoms with Crippen LogP contribution in [-0.4, -0.2) is 46.6 Å². The Morgan fingerprint density at radius 2 is 2.29 bits per heavy atom. The molecule has 1 aromatic heterocycles. The van der Waals surface area contributed by atoms with Crippen LogP contribution in [0.25, 0.3) is 0 Å². The minimum absolute atomic E-state index is 0.302. The van der Waals surface area contributed by atoms with E-state index in [1.807, 2.05) is 14.0 Å². The van der Waals surface area contributed by atoms with Crippen LogP contribution in [0.3, 0.4) is 0 Å². The molecule has 1 N–H and O–H groups in total. The molecule has 0 aromatic carbocycles. The van der Waals surface area contributed by atoms with E-state index >= 15 is 0 Å². The molecule has 1 unspecified atom stereocenters. The van der Waals surface area contributed by atoms with Gasteiger partial charge in [0.1, 0.15) is 4.21 Å². The first-order valence-corrected chi connectivity index (χ1v) is 9.48. The summed E-state index contributed by atoms with van der Waals surface area (Å²) in [6.45, 7) is 4.64. The predicted molar refractivity (Wildman–Crippen MR) is 85.2 cm³/mol. The molecule has 1 atom stereocenters. The summed E-state index contributed by atoms with van der Waals surface area (Å²) in [4.78, 5) is 1.07. The van der Waals surface area contributed by atoms with E-state index in [9.17, 15) is 8.42 Å². The molecule has 5 nitrogen and oxygen atoms in total.